The maximum atomic E-state index is 5.94. The quantitative estimate of drug-likeness (QED) is 0.674. The monoisotopic (exact) mass is 288 g/mol. The molecule has 1 aliphatic carbocycles. The predicted octanol–water partition coefficient (Wildman–Crippen LogP) is 3.77. The minimum absolute atomic E-state index is 0.275. The molecule has 0 saturated heterocycles. The molecule has 3 heterocycles. The molecule has 0 aromatic carbocycles. The van der Waals surface area contributed by atoms with Gasteiger partial charge in [0, 0.05) is 24.5 Å². The van der Waals surface area contributed by atoms with Gasteiger partial charge in [0.05, 0.1) is 11.9 Å². The van der Waals surface area contributed by atoms with Gasteiger partial charge in [0.15, 0.2) is 11.7 Å². The number of rotatable bonds is 2. The fourth-order valence-electron chi connectivity index (χ4n) is 2.67. The molecule has 6 heteroatoms. The average Bonchev–Trinajstić information content (AvgIpc) is 2.92. The van der Waals surface area contributed by atoms with Crippen LogP contribution in [-0.2, 0) is 0 Å². The van der Waals surface area contributed by atoms with Gasteiger partial charge in [-0.15, -0.1) is 0 Å². The van der Waals surface area contributed by atoms with Crippen LogP contribution in [0.4, 0.5) is 0 Å². The van der Waals surface area contributed by atoms with Crippen LogP contribution >= 0.6 is 11.6 Å². The summed E-state index contributed by atoms with van der Waals surface area (Å²) >= 11 is 5.94. The van der Waals surface area contributed by atoms with Gasteiger partial charge in [-0.05, 0) is 36.9 Å². The van der Waals surface area contributed by atoms with E-state index >= 15 is 0 Å². The van der Waals surface area contributed by atoms with E-state index in [0.29, 0.717) is 11.9 Å². The Hall–Kier alpha value is -1.88. The van der Waals surface area contributed by atoms with Gasteiger partial charge in [-0.3, -0.25) is 0 Å². The van der Waals surface area contributed by atoms with E-state index in [-0.39, 0.29) is 5.28 Å². The van der Waals surface area contributed by atoms with Crippen LogP contribution in [0.1, 0.15) is 31.2 Å². The highest BCUT2D eigenvalue weighted by Gasteiger charge is 2.26. The molecule has 0 bridgehead atoms. The highest BCUT2D eigenvalue weighted by molar-refractivity contribution is 6.28. The molecule has 0 aliphatic heterocycles. The first-order chi connectivity index (χ1) is 9.72. The summed E-state index contributed by atoms with van der Waals surface area (Å²) in [6.45, 7) is 1.84. The van der Waals surface area contributed by atoms with Crippen LogP contribution < -0.4 is 0 Å². The van der Waals surface area contributed by atoms with Gasteiger partial charge < -0.3 is 8.98 Å². The normalized spacial score (nSPS) is 15.7. The standard InChI is InChI=1S/C14H13ClN4O/c1-8-16-7-12(20-8)11-5-9-6-17-14(15)18-13(9)19(11)10-3-2-4-10/h5-7,10H,2-4H2,1H3. The average molecular weight is 289 g/mol. The summed E-state index contributed by atoms with van der Waals surface area (Å²) in [4.78, 5) is 12.6. The lowest BCUT2D eigenvalue weighted by Gasteiger charge is -2.29. The Morgan fingerprint density at radius 3 is 2.80 bits per heavy atom. The van der Waals surface area contributed by atoms with E-state index in [0.717, 1.165) is 35.3 Å². The molecule has 20 heavy (non-hydrogen) atoms. The summed E-state index contributed by atoms with van der Waals surface area (Å²) in [6, 6.07) is 2.50. The highest BCUT2D eigenvalue weighted by atomic mass is 35.5. The van der Waals surface area contributed by atoms with E-state index in [9.17, 15) is 0 Å². The fourth-order valence-corrected chi connectivity index (χ4v) is 2.80. The van der Waals surface area contributed by atoms with Crippen LogP contribution in [0.3, 0.4) is 0 Å². The van der Waals surface area contributed by atoms with E-state index in [1.807, 2.05) is 13.0 Å². The van der Waals surface area contributed by atoms with Crippen molar-refractivity contribution in [2.24, 2.45) is 0 Å². The Kier molecular flexibility index (Phi) is 2.57. The van der Waals surface area contributed by atoms with Gasteiger partial charge in [-0.1, -0.05) is 0 Å². The third-order valence-electron chi connectivity index (χ3n) is 3.86. The molecule has 1 saturated carbocycles. The number of aromatic nitrogens is 4. The van der Waals surface area contributed by atoms with Crippen LogP contribution in [0.5, 0.6) is 0 Å². The smallest absolute Gasteiger partial charge is 0.224 e. The Morgan fingerprint density at radius 1 is 1.30 bits per heavy atom. The predicted molar refractivity (Wildman–Crippen MR) is 75.7 cm³/mol. The number of halogens is 1. The number of nitrogens with zero attached hydrogens (tertiary/aromatic N) is 4. The second-order valence-electron chi connectivity index (χ2n) is 5.15. The molecule has 1 aliphatic rings. The Labute approximate surface area is 120 Å². The third-order valence-corrected chi connectivity index (χ3v) is 4.04. The van der Waals surface area contributed by atoms with E-state index < -0.39 is 0 Å². The van der Waals surface area contributed by atoms with Gasteiger partial charge in [-0.25, -0.2) is 9.97 Å². The zero-order chi connectivity index (χ0) is 13.7. The Bertz CT molecular complexity index is 788. The van der Waals surface area contributed by atoms with Crippen molar-refractivity contribution in [3.05, 3.63) is 29.6 Å². The molecule has 3 aromatic heterocycles. The summed E-state index contributed by atoms with van der Waals surface area (Å²) in [5.41, 5.74) is 1.88. The third kappa shape index (κ3) is 1.73. The molecule has 102 valence electrons. The van der Waals surface area contributed by atoms with Crippen molar-refractivity contribution in [3.63, 3.8) is 0 Å². The lowest BCUT2D eigenvalue weighted by Crippen LogP contribution is -2.18. The highest BCUT2D eigenvalue weighted by Crippen LogP contribution is 2.39. The van der Waals surface area contributed by atoms with Crippen molar-refractivity contribution in [2.75, 3.05) is 0 Å². The topological polar surface area (TPSA) is 56.7 Å². The van der Waals surface area contributed by atoms with E-state index in [1.54, 1.807) is 12.4 Å². The summed E-state index contributed by atoms with van der Waals surface area (Å²) < 4.78 is 7.89. The maximum absolute atomic E-state index is 5.94. The Morgan fingerprint density at radius 2 is 2.15 bits per heavy atom. The number of hydrogen-bond donors (Lipinski definition) is 0. The van der Waals surface area contributed by atoms with Crippen LogP contribution in [0.25, 0.3) is 22.5 Å². The number of oxazole rings is 1. The lowest BCUT2D eigenvalue weighted by molar-refractivity contribution is 0.321. The zero-order valence-electron chi connectivity index (χ0n) is 11.0. The van der Waals surface area contributed by atoms with Crippen molar-refractivity contribution in [1.29, 1.82) is 0 Å². The summed E-state index contributed by atoms with van der Waals surface area (Å²) in [5.74, 6) is 1.43. The number of fused-ring (bicyclic) bond motifs is 1. The molecule has 5 nitrogen and oxygen atoms in total. The van der Waals surface area contributed by atoms with Gasteiger partial charge in [-0.2, -0.15) is 4.98 Å². The number of aryl methyl sites for hydroxylation is 1. The van der Waals surface area contributed by atoms with Crippen molar-refractivity contribution < 1.29 is 4.42 Å². The van der Waals surface area contributed by atoms with Crippen LogP contribution in [-0.4, -0.2) is 19.5 Å². The minimum atomic E-state index is 0.275. The molecular weight excluding hydrogens is 276 g/mol. The van der Waals surface area contributed by atoms with Gasteiger partial charge in [0.25, 0.3) is 0 Å². The first kappa shape index (κ1) is 11.9. The van der Waals surface area contributed by atoms with Crippen molar-refractivity contribution >= 4 is 22.6 Å². The largest absolute Gasteiger partial charge is 0.439 e. The first-order valence-electron chi connectivity index (χ1n) is 6.68. The molecule has 3 aromatic rings. The Balaban J connectivity index is 1.99. The molecule has 0 amide bonds. The van der Waals surface area contributed by atoms with Crippen molar-refractivity contribution in [1.82, 2.24) is 19.5 Å². The van der Waals surface area contributed by atoms with E-state index in [2.05, 4.69) is 19.5 Å². The maximum Gasteiger partial charge on any atom is 0.224 e. The summed E-state index contributed by atoms with van der Waals surface area (Å²) in [7, 11) is 0. The summed E-state index contributed by atoms with van der Waals surface area (Å²) in [5, 5.41) is 1.25. The van der Waals surface area contributed by atoms with Crippen LogP contribution in [0, 0.1) is 6.92 Å². The van der Waals surface area contributed by atoms with Gasteiger partial charge in [0.1, 0.15) is 5.65 Å². The molecule has 0 unspecified atom stereocenters. The molecule has 4 rings (SSSR count). The SMILES string of the molecule is Cc1ncc(-c2cc3cnc(Cl)nc3n2C2CCC2)o1. The molecule has 0 N–H and O–H groups in total. The summed E-state index contributed by atoms with van der Waals surface area (Å²) in [6.07, 6.45) is 7.08. The van der Waals surface area contributed by atoms with Crippen molar-refractivity contribution in [3.8, 4) is 11.5 Å². The van der Waals surface area contributed by atoms with Crippen molar-refractivity contribution in [2.45, 2.75) is 32.2 Å². The van der Waals surface area contributed by atoms with Gasteiger partial charge in [0.2, 0.25) is 5.28 Å². The molecule has 0 radical (unpaired) electrons. The number of hydrogen-bond acceptors (Lipinski definition) is 4. The second kappa shape index (κ2) is 4.31. The van der Waals surface area contributed by atoms with Gasteiger partial charge >= 0.3 is 0 Å². The second-order valence-corrected chi connectivity index (χ2v) is 5.48. The van der Waals surface area contributed by atoms with E-state index in [4.69, 9.17) is 16.0 Å². The minimum Gasteiger partial charge on any atom is -0.439 e. The van der Waals surface area contributed by atoms with Crippen LogP contribution in [0.15, 0.2) is 22.9 Å². The van der Waals surface area contributed by atoms with E-state index in [1.165, 1.54) is 6.42 Å². The first-order valence-corrected chi connectivity index (χ1v) is 7.06. The fraction of sp³-hybridized carbons (Fsp3) is 0.357. The molecule has 0 spiro atoms. The van der Waals surface area contributed by atoms with Crippen LogP contribution in [0.2, 0.25) is 5.28 Å². The lowest BCUT2D eigenvalue weighted by atomic mass is 9.92. The molecule has 0 atom stereocenters. The molecular formula is C14H13ClN4O. The zero-order valence-corrected chi connectivity index (χ0v) is 11.8. The molecule has 1 fully saturated rings.